The van der Waals surface area contributed by atoms with E-state index < -0.39 is 12.1 Å². The molecule has 0 saturated heterocycles. The minimum atomic E-state index is -4.67. The highest BCUT2D eigenvalue weighted by molar-refractivity contribution is 7.15. The number of imidazole rings is 1. The molecule has 1 amide bonds. The van der Waals surface area contributed by atoms with Gasteiger partial charge in [-0.25, -0.2) is 4.98 Å². The first kappa shape index (κ1) is 16.2. The molecule has 24 heavy (non-hydrogen) atoms. The lowest BCUT2D eigenvalue weighted by Crippen LogP contribution is -2.18. The van der Waals surface area contributed by atoms with Crippen LogP contribution in [0.2, 0.25) is 0 Å². The summed E-state index contributed by atoms with van der Waals surface area (Å²) in [6, 6.07) is 3.35. The van der Waals surface area contributed by atoms with Gasteiger partial charge in [0.15, 0.2) is 0 Å². The average molecular weight is 357 g/mol. The van der Waals surface area contributed by atoms with Gasteiger partial charge in [0.2, 0.25) is 5.82 Å². The fourth-order valence-electron chi connectivity index (χ4n) is 1.89. The van der Waals surface area contributed by atoms with Crippen molar-refractivity contribution < 1.29 is 22.5 Å². The number of nitrogens with one attached hydrogen (secondary N) is 1. The summed E-state index contributed by atoms with van der Waals surface area (Å²) in [5.41, 5.74) is 0.280. The molecule has 126 valence electrons. The summed E-state index contributed by atoms with van der Waals surface area (Å²) in [5, 5.41) is 5.81. The maximum absolute atomic E-state index is 12.5. The fraction of sp³-hybridized carbons (Fsp3) is 0.231. The van der Waals surface area contributed by atoms with Crippen LogP contribution in [0.25, 0.3) is 10.7 Å². The van der Waals surface area contributed by atoms with Crippen molar-refractivity contribution in [1.29, 1.82) is 0 Å². The minimum Gasteiger partial charge on any atom is -0.354 e. The molecule has 0 atom stereocenters. The van der Waals surface area contributed by atoms with Crippen LogP contribution in [0.5, 0.6) is 0 Å². The zero-order valence-electron chi connectivity index (χ0n) is 12.2. The Bertz CT molecular complexity index is 867. The van der Waals surface area contributed by atoms with E-state index in [4.69, 9.17) is 0 Å². The lowest BCUT2D eigenvalue weighted by Gasteiger charge is -1.97. The molecule has 3 heterocycles. The molecule has 3 aromatic heterocycles. The van der Waals surface area contributed by atoms with Crippen molar-refractivity contribution in [3.8, 4) is 10.7 Å². The number of carbonyl (C=O) groups is 1. The van der Waals surface area contributed by atoms with E-state index in [2.05, 4.69) is 25.0 Å². The van der Waals surface area contributed by atoms with Gasteiger partial charge in [-0.2, -0.15) is 18.2 Å². The maximum Gasteiger partial charge on any atom is 0.471 e. The predicted molar refractivity (Wildman–Crippen MR) is 77.3 cm³/mol. The summed E-state index contributed by atoms with van der Waals surface area (Å²) < 4.78 is 43.3. The van der Waals surface area contributed by atoms with Gasteiger partial charge in [0.1, 0.15) is 5.69 Å². The van der Waals surface area contributed by atoms with Crippen molar-refractivity contribution in [3.63, 3.8) is 0 Å². The van der Waals surface area contributed by atoms with Crippen LogP contribution in [-0.2, 0) is 12.7 Å². The molecular formula is C13H10F3N5O2S. The van der Waals surface area contributed by atoms with Crippen molar-refractivity contribution in [2.45, 2.75) is 12.7 Å². The Morgan fingerprint density at radius 3 is 2.88 bits per heavy atom. The highest BCUT2D eigenvalue weighted by atomic mass is 32.1. The lowest BCUT2D eigenvalue weighted by atomic mass is 10.4. The van der Waals surface area contributed by atoms with E-state index in [1.165, 1.54) is 24.7 Å². The molecule has 1 N–H and O–H groups in total. The molecule has 0 aliphatic heterocycles. The first-order chi connectivity index (χ1) is 11.4. The van der Waals surface area contributed by atoms with Gasteiger partial charge < -0.3 is 14.4 Å². The van der Waals surface area contributed by atoms with Crippen molar-refractivity contribution in [1.82, 2.24) is 25.0 Å². The van der Waals surface area contributed by atoms with Crippen LogP contribution in [0.3, 0.4) is 0 Å². The molecule has 0 fully saturated rings. The molecule has 7 nitrogen and oxygen atoms in total. The van der Waals surface area contributed by atoms with E-state index in [0.717, 1.165) is 4.88 Å². The second kappa shape index (κ2) is 6.07. The monoisotopic (exact) mass is 357 g/mol. The Morgan fingerprint density at radius 1 is 1.42 bits per heavy atom. The highest BCUT2D eigenvalue weighted by Crippen LogP contribution is 2.31. The van der Waals surface area contributed by atoms with Gasteiger partial charge in [0.25, 0.3) is 5.91 Å². The van der Waals surface area contributed by atoms with Crippen LogP contribution in [0.4, 0.5) is 13.2 Å². The number of thiophene rings is 1. The van der Waals surface area contributed by atoms with Gasteiger partial charge in [-0.1, -0.05) is 5.16 Å². The summed E-state index contributed by atoms with van der Waals surface area (Å²) in [4.78, 5) is 20.1. The second-order valence-electron chi connectivity index (χ2n) is 4.70. The Morgan fingerprint density at radius 2 is 2.21 bits per heavy atom. The molecule has 0 radical (unpaired) electrons. The lowest BCUT2D eigenvalue weighted by molar-refractivity contribution is -0.159. The van der Waals surface area contributed by atoms with Crippen molar-refractivity contribution in [3.05, 3.63) is 41.1 Å². The predicted octanol–water partition coefficient (Wildman–Crippen LogP) is 2.42. The Balaban J connectivity index is 1.75. The molecule has 0 bridgehead atoms. The normalized spacial score (nSPS) is 11.7. The van der Waals surface area contributed by atoms with Crippen LogP contribution in [-0.4, -0.2) is 32.6 Å². The number of halogens is 3. The van der Waals surface area contributed by atoms with Gasteiger partial charge >= 0.3 is 12.1 Å². The molecule has 0 aliphatic rings. The molecule has 0 spiro atoms. The van der Waals surface area contributed by atoms with Crippen LogP contribution in [0.1, 0.15) is 21.3 Å². The number of hydrogen-bond donors (Lipinski definition) is 1. The van der Waals surface area contributed by atoms with Gasteiger partial charge in [0, 0.05) is 18.1 Å². The number of nitrogens with zero attached hydrogens (tertiary/aromatic N) is 4. The number of alkyl halides is 3. The average Bonchev–Trinajstić information content (AvgIpc) is 3.25. The standard InChI is InChI=1S/C13H10F3N5O2S/c1-17-11(22)8-5-21(6-18-8)4-7-2-3-9(24-7)10-19-12(23-20-10)13(14,15)16/h2-3,5-6H,4H2,1H3,(H,17,22). The number of rotatable bonds is 4. The third-order valence-electron chi connectivity index (χ3n) is 2.98. The van der Waals surface area contributed by atoms with E-state index in [1.807, 2.05) is 0 Å². The smallest absolute Gasteiger partial charge is 0.354 e. The van der Waals surface area contributed by atoms with Crippen LogP contribution in [0.15, 0.2) is 29.2 Å². The Labute approximate surface area is 137 Å². The van der Waals surface area contributed by atoms with E-state index in [1.54, 1.807) is 22.9 Å². The minimum absolute atomic E-state index is 0.116. The van der Waals surface area contributed by atoms with E-state index in [0.29, 0.717) is 11.4 Å². The first-order valence-electron chi connectivity index (χ1n) is 6.60. The first-order valence-corrected chi connectivity index (χ1v) is 7.42. The van der Waals surface area contributed by atoms with E-state index >= 15 is 0 Å². The summed E-state index contributed by atoms with van der Waals surface area (Å²) >= 11 is 1.23. The molecule has 0 aliphatic carbocycles. The zero-order valence-corrected chi connectivity index (χ0v) is 13.0. The van der Waals surface area contributed by atoms with Crippen molar-refractivity contribution in [2.24, 2.45) is 0 Å². The maximum atomic E-state index is 12.5. The van der Waals surface area contributed by atoms with Crippen LogP contribution in [0, 0.1) is 0 Å². The molecule has 0 aromatic carbocycles. The molecule has 3 aromatic rings. The molecule has 0 saturated carbocycles. The van der Waals surface area contributed by atoms with Crippen LogP contribution >= 0.6 is 11.3 Å². The highest BCUT2D eigenvalue weighted by Gasteiger charge is 2.38. The van der Waals surface area contributed by atoms with Gasteiger partial charge in [-0.15, -0.1) is 11.3 Å². The number of amides is 1. The Hall–Kier alpha value is -2.69. The molecule has 0 unspecified atom stereocenters. The summed E-state index contributed by atoms with van der Waals surface area (Å²) in [5.74, 6) is -1.79. The third-order valence-corrected chi connectivity index (χ3v) is 4.05. The molecule has 3 rings (SSSR count). The van der Waals surface area contributed by atoms with Gasteiger partial charge in [-0.05, 0) is 12.1 Å². The topological polar surface area (TPSA) is 85.8 Å². The van der Waals surface area contributed by atoms with E-state index in [-0.39, 0.29) is 17.4 Å². The van der Waals surface area contributed by atoms with Crippen LogP contribution < -0.4 is 5.32 Å². The zero-order chi connectivity index (χ0) is 17.3. The van der Waals surface area contributed by atoms with Gasteiger partial charge in [-0.3, -0.25) is 4.79 Å². The quantitative estimate of drug-likeness (QED) is 0.775. The molecular weight excluding hydrogens is 347 g/mol. The number of hydrogen-bond acceptors (Lipinski definition) is 6. The SMILES string of the molecule is CNC(=O)c1cn(Cc2ccc(-c3noc(C(F)(F)F)n3)s2)cn1. The number of carbonyl (C=O) groups excluding carboxylic acids is 1. The van der Waals surface area contributed by atoms with Gasteiger partial charge in [0.05, 0.1) is 17.7 Å². The second-order valence-corrected chi connectivity index (χ2v) is 5.87. The summed E-state index contributed by atoms with van der Waals surface area (Å²) in [7, 11) is 1.51. The number of aromatic nitrogens is 4. The summed E-state index contributed by atoms with van der Waals surface area (Å²) in [6.45, 7) is 0.415. The third kappa shape index (κ3) is 3.30. The fourth-order valence-corrected chi connectivity index (χ4v) is 2.84. The summed E-state index contributed by atoms with van der Waals surface area (Å²) in [6.07, 6.45) is -1.59. The molecule has 11 heteroatoms. The van der Waals surface area contributed by atoms with Crippen molar-refractivity contribution in [2.75, 3.05) is 7.05 Å². The van der Waals surface area contributed by atoms with E-state index in [9.17, 15) is 18.0 Å². The van der Waals surface area contributed by atoms with Crippen molar-refractivity contribution >= 4 is 17.2 Å². The largest absolute Gasteiger partial charge is 0.471 e. The Kier molecular flexibility index (Phi) is 4.09.